The molecule has 2 N–H and O–H groups in total. The van der Waals surface area contributed by atoms with E-state index >= 15 is 0 Å². The molecule has 0 radical (unpaired) electrons. The third-order valence-corrected chi connectivity index (χ3v) is 6.12. The van der Waals surface area contributed by atoms with Crippen LogP contribution in [0.2, 0.25) is 0 Å². The fourth-order valence-corrected chi connectivity index (χ4v) is 4.06. The lowest BCUT2D eigenvalue weighted by atomic mass is 9.62. The molecular formula is C20H31N. The van der Waals surface area contributed by atoms with Crippen molar-refractivity contribution in [2.75, 3.05) is 0 Å². The maximum absolute atomic E-state index is 6.49. The predicted octanol–water partition coefficient (Wildman–Crippen LogP) is 5.23. The monoisotopic (exact) mass is 285 g/mol. The third-order valence-electron chi connectivity index (χ3n) is 6.12. The first-order chi connectivity index (χ1) is 9.79. The molecule has 1 aromatic rings. The fourth-order valence-electron chi connectivity index (χ4n) is 4.06. The molecule has 21 heavy (non-hydrogen) atoms. The zero-order valence-electron chi connectivity index (χ0n) is 14.2. The van der Waals surface area contributed by atoms with Gasteiger partial charge in [-0.1, -0.05) is 65.2 Å². The molecule has 0 amide bonds. The molecule has 1 aromatic carbocycles. The van der Waals surface area contributed by atoms with Crippen LogP contribution in [0.15, 0.2) is 18.2 Å². The average molecular weight is 285 g/mol. The lowest BCUT2D eigenvalue weighted by Gasteiger charge is -2.42. The highest BCUT2D eigenvalue weighted by Gasteiger charge is 2.37. The van der Waals surface area contributed by atoms with E-state index in [0.717, 1.165) is 5.92 Å². The van der Waals surface area contributed by atoms with Gasteiger partial charge in [-0.15, -0.1) is 0 Å². The van der Waals surface area contributed by atoms with Crippen LogP contribution < -0.4 is 5.73 Å². The lowest BCUT2D eigenvalue weighted by molar-refractivity contribution is 0.277. The van der Waals surface area contributed by atoms with Gasteiger partial charge in [0.2, 0.25) is 0 Å². The van der Waals surface area contributed by atoms with E-state index < -0.39 is 0 Å². The highest BCUT2D eigenvalue weighted by molar-refractivity contribution is 5.44. The predicted molar refractivity (Wildman–Crippen MR) is 90.6 cm³/mol. The molecule has 116 valence electrons. The van der Waals surface area contributed by atoms with Crippen molar-refractivity contribution in [3.8, 4) is 0 Å². The zero-order valence-corrected chi connectivity index (χ0v) is 14.2. The first kappa shape index (κ1) is 15.1. The smallest absolute Gasteiger partial charge is 0.0297 e. The quantitative estimate of drug-likeness (QED) is 0.809. The van der Waals surface area contributed by atoms with Gasteiger partial charge in [0.15, 0.2) is 0 Å². The van der Waals surface area contributed by atoms with Crippen LogP contribution >= 0.6 is 0 Å². The molecule has 3 rings (SSSR count). The highest BCUT2D eigenvalue weighted by atomic mass is 14.6. The summed E-state index contributed by atoms with van der Waals surface area (Å²) in [6.07, 6.45) is 7.90. The zero-order chi connectivity index (χ0) is 15.3. The Bertz CT molecular complexity index is 523. The standard InChI is InChI=1S/C20H31N/c1-19(2)10-11-20(3,4)17-13-15(8-9-16(17)19)18(21)12-14-6-5-7-14/h8-9,13-14,18H,5-7,10-12,21H2,1-4H3. The minimum atomic E-state index is 0.224. The van der Waals surface area contributed by atoms with Crippen molar-refractivity contribution in [3.05, 3.63) is 34.9 Å². The number of benzene rings is 1. The second-order valence-electron chi connectivity index (χ2n) is 8.71. The number of rotatable bonds is 3. The van der Waals surface area contributed by atoms with Crippen molar-refractivity contribution in [1.82, 2.24) is 0 Å². The topological polar surface area (TPSA) is 26.0 Å². The number of fused-ring (bicyclic) bond motifs is 1. The maximum atomic E-state index is 6.49. The van der Waals surface area contributed by atoms with Gasteiger partial charge in [-0.05, 0) is 52.7 Å². The normalized spacial score (nSPS) is 25.0. The van der Waals surface area contributed by atoms with Gasteiger partial charge in [0.05, 0.1) is 0 Å². The van der Waals surface area contributed by atoms with Crippen molar-refractivity contribution in [1.29, 1.82) is 0 Å². The van der Waals surface area contributed by atoms with Crippen molar-refractivity contribution >= 4 is 0 Å². The molecule has 0 bridgehead atoms. The number of hydrogen-bond acceptors (Lipinski definition) is 1. The van der Waals surface area contributed by atoms with Gasteiger partial charge in [-0.2, -0.15) is 0 Å². The van der Waals surface area contributed by atoms with E-state index in [1.807, 2.05) is 0 Å². The molecule has 1 fully saturated rings. The molecule has 0 heterocycles. The van der Waals surface area contributed by atoms with Crippen LogP contribution in [0.25, 0.3) is 0 Å². The molecule has 0 spiro atoms. The SMILES string of the molecule is CC1(C)CCC(C)(C)c2cc(C(N)CC3CCC3)ccc21. The van der Waals surface area contributed by atoms with E-state index in [2.05, 4.69) is 45.9 Å². The van der Waals surface area contributed by atoms with Gasteiger partial charge in [-0.3, -0.25) is 0 Å². The van der Waals surface area contributed by atoms with Gasteiger partial charge in [0, 0.05) is 6.04 Å². The average Bonchev–Trinajstić information content (AvgIpc) is 2.39. The molecule has 1 saturated carbocycles. The van der Waals surface area contributed by atoms with Gasteiger partial charge >= 0.3 is 0 Å². The number of nitrogens with two attached hydrogens (primary N) is 1. The summed E-state index contributed by atoms with van der Waals surface area (Å²) in [5.74, 6) is 0.875. The third kappa shape index (κ3) is 2.77. The van der Waals surface area contributed by atoms with E-state index in [1.165, 1.54) is 44.1 Å². The summed E-state index contributed by atoms with van der Waals surface area (Å²) in [6, 6.07) is 7.32. The Balaban J connectivity index is 1.91. The Morgan fingerprint density at radius 2 is 1.67 bits per heavy atom. The molecule has 0 aliphatic heterocycles. The Morgan fingerprint density at radius 1 is 1.05 bits per heavy atom. The molecule has 0 aromatic heterocycles. The molecule has 1 nitrogen and oxygen atoms in total. The van der Waals surface area contributed by atoms with Crippen molar-refractivity contribution < 1.29 is 0 Å². The summed E-state index contributed by atoms with van der Waals surface area (Å²) in [5.41, 5.74) is 11.5. The summed E-state index contributed by atoms with van der Waals surface area (Å²) in [6.45, 7) is 9.55. The van der Waals surface area contributed by atoms with Crippen LogP contribution in [0.5, 0.6) is 0 Å². The van der Waals surface area contributed by atoms with Gasteiger partial charge in [0.1, 0.15) is 0 Å². The van der Waals surface area contributed by atoms with Crippen molar-refractivity contribution in [3.63, 3.8) is 0 Å². The summed E-state index contributed by atoms with van der Waals surface area (Å²) in [5, 5.41) is 0. The first-order valence-corrected chi connectivity index (χ1v) is 8.70. The highest BCUT2D eigenvalue weighted by Crippen LogP contribution is 2.46. The molecule has 2 aliphatic rings. The van der Waals surface area contributed by atoms with Gasteiger partial charge < -0.3 is 5.73 Å². The Labute approximate surface area is 130 Å². The van der Waals surface area contributed by atoms with Crippen molar-refractivity contribution in [2.45, 2.75) is 83.1 Å². The van der Waals surface area contributed by atoms with Crippen LogP contribution in [-0.2, 0) is 10.8 Å². The lowest BCUT2D eigenvalue weighted by Crippen LogP contribution is -2.34. The summed E-state index contributed by atoms with van der Waals surface area (Å²) < 4.78 is 0. The Hall–Kier alpha value is -0.820. The fraction of sp³-hybridized carbons (Fsp3) is 0.700. The Morgan fingerprint density at radius 3 is 2.24 bits per heavy atom. The Kier molecular flexibility index (Phi) is 3.68. The first-order valence-electron chi connectivity index (χ1n) is 8.70. The van der Waals surface area contributed by atoms with E-state index in [1.54, 1.807) is 11.1 Å². The van der Waals surface area contributed by atoms with Crippen molar-refractivity contribution in [2.24, 2.45) is 11.7 Å². The summed E-state index contributed by atoms with van der Waals surface area (Å²) >= 11 is 0. The largest absolute Gasteiger partial charge is 0.324 e. The van der Waals surface area contributed by atoms with Crippen LogP contribution in [-0.4, -0.2) is 0 Å². The maximum Gasteiger partial charge on any atom is 0.0297 e. The van der Waals surface area contributed by atoms with E-state index in [9.17, 15) is 0 Å². The molecular weight excluding hydrogens is 254 g/mol. The van der Waals surface area contributed by atoms with Crippen LogP contribution in [0.3, 0.4) is 0 Å². The van der Waals surface area contributed by atoms with Crippen LogP contribution in [0, 0.1) is 5.92 Å². The van der Waals surface area contributed by atoms with Crippen LogP contribution in [0.1, 0.15) is 89.0 Å². The molecule has 2 aliphatic carbocycles. The summed E-state index contributed by atoms with van der Waals surface area (Å²) in [4.78, 5) is 0. The molecule has 0 saturated heterocycles. The molecule has 1 unspecified atom stereocenters. The van der Waals surface area contributed by atoms with E-state index in [-0.39, 0.29) is 11.5 Å². The summed E-state index contributed by atoms with van der Waals surface area (Å²) in [7, 11) is 0. The van der Waals surface area contributed by atoms with E-state index in [4.69, 9.17) is 5.73 Å². The van der Waals surface area contributed by atoms with Gasteiger partial charge in [-0.25, -0.2) is 0 Å². The second kappa shape index (κ2) is 5.12. The molecule has 1 heteroatoms. The van der Waals surface area contributed by atoms with Gasteiger partial charge in [0.25, 0.3) is 0 Å². The minimum Gasteiger partial charge on any atom is -0.324 e. The minimum absolute atomic E-state index is 0.224. The molecule has 1 atom stereocenters. The number of hydrogen-bond donors (Lipinski definition) is 1. The van der Waals surface area contributed by atoms with E-state index in [0.29, 0.717) is 5.41 Å². The van der Waals surface area contributed by atoms with Crippen LogP contribution in [0.4, 0.5) is 0 Å². The second-order valence-corrected chi connectivity index (χ2v) is 8.71.